The van der Waals surface area contributed by atoms with Gasteiger partial charge in [-0.25, -0.2) is 4.39 Å². The lowest BCUT2D eigenvalue weighted by atomic mass is 9.89. The molecule has 0 spiro atoms. The highest BCUT2D eigenvalue weighted by Gasteiger charge is 2.28. The fourth-order valence-electron chi connectivity index (χ4n) is 2.29. The van der Waals surface area contributed by atoms with Crippen LogP contribution >= 0.6 is 0 Å². The zero-order chi connectivity index (χ0) is 13.8. The zero-order valence-corrected chi connectivity index (χ0v) is 10.8. The van der Waals surface area contributed by atoms with Gasteiger partial charge in [-0.2, -0.15) is 0 Å². The molecule has 1 saturated heterocycles. The Kier molecular flexibility index (Phi) is 4.14. The summed E-state index contributed by atoms with van der Waals surface area (Å²) in [6, 6.07) is 6.23. The first-order valence-corrected chi connectivity index (χ1v) is 6.20. The highest BCUT2D eigenvalue weighted by atomic mass is 19.1. The molecule has 1 aliphatic heterocycles. The molecule has 19 heavy (non-hydrogen) atoms. The Labute approximate surface area is 111 Å². The fourth-order valence-corrected chi connectivity index (χ4v) is 2.29. The molecule has 1 aromatic carbocycles. The van der Waals surface area contributed by atoms with Crippen LogP contribution in [0.5, 0.6) is 0 Å². The largest absolute Gasteiger partial charge is 0.468 e. The van der Waals surface area contributed by atoms with Gasteiger partial charge >= 0.3 is 5.97 Å². The molecular weight excluding hydrogens is 249 g/mol. The SMILES string of the molecule is COC(=O)CN1CCC(c2ccc(F)cc2)CC1=O. The van der Waals surface area contributed by atoms with Gasteiger partial charge in [-0.1, -0.05) is 12.1 Å². The summed E-state index contributed by atoms with van der Waals surface area (Å²) in [6.45, 7) is 0.529. The first-order chi connectivity index (χ1) is 9.10. The number of piperidine rings is 1. The van der Waals surface area contributed by atoms with Gasteiger partial charge in [0.1, 0.15) is 12.4 Å². The van der Waals surface area contributed by atoms with E-state index in [2.05, 4.69) is 4.74 Å². The summed E-state index contributed by atoms with van der Waals surface area (Å²) in [6.07, 6.45) is 1.12. The van der Waals surface area contributed by atoms with E-state index in [1.165, 1.54) is 24.1 Å². The van der Waals surface area contributed by atoms with Crippen LogP contribution in [-0.4, -0.2) is 37.0 Å². The minimum Gasteiger partial charge on any atom is -0.468 e. The van der Waals surface area contributed by atoms with Gasteiger partial charge in [-0.3, -0.25) is 9.59 Å². The predicted molar refractivity (Wildman–Crippen MR) is 67.0 cm³/mol. The Balaban J connectivity index is 1.98. The van der Waals surface area contributed by atoms with E-state index in [0.717, 1.165) is 12.0 Å². The van der Waals surface area contributed by atoms with Gasteiger partial charge in [-0.05, 0) is 30.0 Å². The van der Waals surface area contributed by atoms with Crippen molar-refractivity contribution in [2.24, 2.45) is 0 Å². The molecule has 0 N–H and O–H groups in total. The first kappa shape index (κ1) is 13.5. The molecule has 102 valence electrons. The van der Waals surface area contributed by atoms with E-state index < -0.39 is 5.97 Å². The average Bonchev–Trinajstić information content (AvgIpc) is 2.41. The van der Waals surface area contributed by atoms with E-state index in [9.17, 15) is 14.0 Å². The smallest absolute Gasteiger partial charge is 0.325 e. The van der Waals surface area contributed by atoms with Crippen LogP contribution in [0.4, 0.5) is 4.39 Å². The van der Waals surface area contributed by atoms with E-state index >= 15 is 0 Å². The number of carbonyl (C=O) groups excluding carboxylic acids is 2. The molecule has 4 nitrogen and oxygen atoms in total. The maximum Gasteiger partial charge on any atom is 0.325 e. The minimum atomic E-state index is -0.409. The molecule has 1 amide bonds. The highest BCUT2D eigenvalue weighted by molar-refractivity contribution is 5.83. The maximum absolute atomic E-state index is 12.8. The number of amides is 1. The summed E-state index contributed by atoms with van der Waals surface area (Å²) in [5, 5.41) is 0. The third-order valence-electron chi connectivity index (χ3n) is 3.41. The number of methoxy groups -OCH3 is 1. The van der Waals surface area contributed by atoms with E-state index in [1.807, 2.05) is 0 Å². The summed E-state index contributed by atoms with van der Waals surface area (Å²) >= 11 is 0. The van der Waals surface area contributed by atoms with Gasteiger partial charge in [0.2, 0.25) is 5.91 Å². The van der Waals surface area contributed by atoms with Crippen LogP contribution in [0.3, 0.4) is 0 Å². The number of hydrogen-bond acceptors (Lipinski definition) is 3. The van der Waals surface area contributed by atoms with Gasteiger partial charge in [0, 0.05) is 13.0 Å². The zero-order valence-electron chi connectivity index (χ0n) is 10.8. The van der Waals surface area contributed by atoms with Crippen molar-refractivity contribution in [3.05, 3.63) is 35.6 Å². The third-order valence-corrected chi connectivity index (χ3v) is 3.41. The summed E-state index contributed by atoms with van der Waals surface area (Å²) in [5.74, 6) is -0.653. The van der Waals surface area contributed by atoms with Gasteiger partial charge in [0.25, 0.3) is 0 Å². The van der Waals surface area contributed by atoms with Crippen LogP contribution in [0.25, 0.3) is 0 Å². The van der Waals surface area contributed by atoms with Crippen molar-refractivity contribution < 1.29 is 18.7 Å². The number of hydrogen-bond donors (Lipinski definition) is 0. The molecule has 0 bridgehead atoms. The van der Waals surface area contributed by atoms with Gasteiger partial charge < -0.3 is 9.64 Å². The van der Waals surface area contributed by atoms with Crippen LogP contribution in [0.1, 0.15) is 24.3 Å². The Morgan fingerprint density at radius 3 is 2.68 bits per heavy atom. The lowest BCUT2D eigenvalue weighted by molar-refractivity contribution is -0.148. The summed E-state index contributed by atoms with van der Waals surface area (Å²) in [5.41, 5.74) is 0.965. The number of esters is 1. The molecule has 1 unspecified atom stereocenters. The summed E-state index contributed by atoms with van der Waals surface area (Å²) < 4.78 is 17.4. The van der Waals surface area contributed by atoms with Crippen molar-refractivity contribution >= 4 is 11.9 Å². The highest BCUT2D eigenvalue weighted by Crippen LogP contribution is 2.28. The second kappa shape index (κ2) is 5.82. The number of halogens is 1. The number of nitrogens with zero attached hydrogens (tertiary/aromatic N) is 1. The third kappa shape index (κ3) is 3.30. The molecule has 0 radical (unpaired) electrons. The Morgan fingerprint density at radius 1 is 1.42 bits per heavy atom. The lowest BCUT2D eigenvalue weighted by Crippen LogP contribution is -2.41. The predicted octanol–water partition coefficient (Wildman–Crippen LogP) is 1.70. The van der Waals surface area contributed by atoms with E-state index in [0.29, 0.717) is 13.0 Å². The van der Waals surface area contributed by atoms with E-state index in [4.69, 9.17) is 0 Å². The molecule has 5 heteroatoms. The molecule has 0 saturated carbocycles. The quantitative estimate of drug-likeness (QED) is 0.782. The van der Waals surface area contributed by atoms with Crippen molar-refractivity contribution in [1.82, 2.24) is 4.90 Å². The second-order valence-electron chi connectivity index (χ2n) is 4.63. The van der Waals surface area contributed by atoms with Crippen molar-refractivity contribution in [2.75, 3.05) is 20.2 Å². The van der Waals surface area contributed by atoms with Crippen LogP contribution in [0.2, 0.25) is 0 Å². The Bertz CT molecular complexity index is 472. The molecule has 0 aromatic heterocycles. The molecule has 1 aromatic rings. The van der Waals surface area contributed by atoms with Crippen molar-refractivity contribution in [3.8, 4) is 0 Å². The van der Waals surface area contributed by atoms with Crippen molar-refractivity contribution in [1.29, 1.82) is 0 Å². The Morgan fingerprint density at radius 2 is 2.11 bits per heavy atom. The number of carbonyl (C=O) groups is 2. The number of rotatable bonds is 3. The average molecular weight is 265 g/mol. The number of likely N-dealkylation sites (tertiary alicyclic amines) is 1. The molecule has 0 aliphatic carbocycles. The van der Waals surface area contributed by atoms with Gasteiger partial charge in [-0.15, -0.1) is 0 Å². The standard InChI is InChI=1S/C14H16FNO3/c1-19-14(18)9-16-7-6-11(8-13(16)17)10-2-4-12(15)5-3-10/h2-5,11H,6-9H2,1H3. The van der Waals surface area contributed by atoms with Crippen LogP contribution in [-0.2, 0) is 14.3 Å². The van der Waals surface area contributed by atoms with Crippen LogP contribution < -0.4 is 0 Å². The van der Waals surface area contributed by atoms with Crippen LogP contribution in [0.15, 0.2) is 24.3 Å². The molecule has 2 rings (SSSR count). The van der Waals surface area contributed by atoms with Gasteiger partial charge in [0.15, 0.2) is 0 Å². The minimum absolute atomic E-state index is 0.00543. The summed E-state index contributed by atoms with van der Waals surface area (Å²) in [4.78, 5) is 24.6. The van der Waals surface area contributed by atoms with E-state index in [-0.39, 0.29) is 24.2 Å². The first-order valence-electron chi connectivity index (χ1n) is 6.20. The normalized spacial score (nSPS) is 19.4. The Hall–Kier alpha value is -1.91. The molecule has 1 heterocycles. The molecular formula is C14H16FNO3. The molecule has 1 fully saturated rings. The van der Waals surface area contributed by atoms with E-state index in [1.54, 1.807) is 12.1 Å². The summed E-state index contributed by atoms with van der Waals surface area (Å²) in [7, 11) is 1.30. The second-order valence-corrected chi connectivity index (χ2v) is 4.63. The fraction of sp³-hybridized carbons (Fsp3) is 0.429. The topological polar surface area (TPSA) is 46.6 Å². The van der Waals surface area contributed by atoms with Crippen molar-refractivity contribution in [3.63, 3.8) is 0 Å². The molecule has 1 aliphatic rings. The lowest BCUT2D eigenvalue weighted by Gasteiger charge is -2.31. The molecule has 1 atom stereocenters. The van der Waals surface area contributed by atoms with Crippen LogP contribution in [0, 0.1) is 5.82 Å². The van der Waals surface area contributed by atoms with Crippen molar-refractivity contribution in [2.45, 2.75) is 18.8 Å². The monoisotopic (exact) mass is 265 g/mol. The number of benzene rings is 1. The number of ether oxygens (including phenoxy) is 1. The van der Waals surface area contributed by atoms with Gasteiger partial charge in [0.05, 0.1) is 7.11 Å². The maximum atomic E-state index is 12.8.